The minimum Gasteiger partial charge on any atom is -0.496 e. The zero-order valence-corrected chi connectivity index (χ0v) is 12.3. The van der Waals surface area contributed by atoms with E-state index in [4.69, 9.17) is 4.74 Å². The molecule has 0 N–H and O–H groups in total. The number of aromatic nitrogens is 2. The number of methoxy groups -OCH3 is 1. The Morgan fingerprint density at radius 3 is 2.71 bits per heavy atom. The van der Waals surface area contributed by atoms with E-state index in [2.05, 4.69) is 43.5 Å². The topological polar surface area (TPSA) is 27.1 Å². The van der Waals surface area contributed by atoms with Gasteiger partial charge in [-0.25, -0.2) is 4.68 Å². The van der Waals surface area contributed by atoms with Crippen molar-refractivity contribution in [1.29, 1.82) is 0 Å². The Balaban J connectivity index is 2.71. The van der Waals surface area contributed by atoms with Gasteiger partial charge in [0.25, 0.3) is 0 Å². The summed E-state index contributed by atoms with van der Waals surface area (Å²) in [6.45, 7) is 3.75. The summed E-state index contributed by atoms with van der Waals surface area (Å²) < 4.78 is 8.66. The smallest absolute Gasteiger partial charge is 0.143 e. The maximum atomic E-state index is 5.35. The van der Waals surface area contributed by atoms with Crippen molar-refractivity contribution in [2.45, 2.75) is 0 Å². The summed E-state index contributed by atoms with van der Waals surface area (Å²) in [6.07, 6.45) is 1.65. The van der Waals surface area contributed by atoms with Crippen LogP contribution in [0.25, 0.3) is 17.5 Å². The SMILES string of the molecule is C=Cn1nc(Br)c(Br)c1-c1ccccc1OC. The Bertz CT molecular complexity index is 564. The molecule has 1 aromatic carbocycles. The quantitative estimate of drug-likeness (QED) is 0.823. The van der Waals surface area contributed by atoms with Crippen LogP contribution in [0.5, 0.6) is 5.75 Å². The van der Waals surface area contributed by atoms with Gasteiger partial charge in [-0.05, 0) is 44.0 Å². The fourth-order valence-electron chi connectivity index (χ4n) is 1.60. The summed E-state index contributed by atoms with van der Waals surface area (Å²) in [7, 11) is 1.65. The average Bonchev–Trinajstić information content (AvgIpc) is 2.65. The van der Waals surface area contributed by atoms with Crippen LogP contribution in [-0.2, 0) is 0 Å². The number of rotatable bonds is 3. The minimum atomic E-state index is 0.735. The lowest BCUT2D eigenvalue weighted by molar-refractivity contribution is 0.416. The summed E-state index contributed by atoms with van der Waals surface area (Å²) in [5, 5.41) is 4.29. The van der Waals surface area contributed by atoms with Gasteiger partial charge in [0.2, 0.25) is 0 Å². The minimum absolute atomic E-state index is 0.735. The first-order chi connectivity index (χ1) is 8.19. The summed E-state index contributed by atoms with van der Waals surface area (Å²) in [5.74, 6) is 0.795. The lowest BCUT2D eigenvalue weighted by Gasteiger charge is -2.08. The van der Waals surface area contributed by atoms with E-state index in [1.54, 1.807) is 18.0 Å². The molecular formula is C12H10Br2N2O. The molecule has 0 radical (unpaired) electrons. The molecule has 2 rings (SSSR count). The number of halogens is 2. The zero-order chi connectivity index (χ0) is 12.4. The lowest BCUT2D eigenvalue weighted by atomic mass is 10.1. The average molecular weight is 358 g/mol. The van der Waals surface area contributed by atoms with Crippen molar-refractivity contribution in [3.05, 3.63) is 39.9 Å². The van der Waals surface area contributed by atoms with E-state index in [0.717, 1.165) is 26.1 Å². The van der Waals surface area contributed by atoms with E-state index in [1.807, 2.05) is 24.3 Å². The van der Waals surface area contributed by atoms with Gasteiger partial charge >= 0.3 is 0 Å². The molecule has 0 aliphatic heterocycles. The van der Waals surface area contributed by atoms with Gasteiger partial charge in [-0.1, -0.05) is 18.7 Å². The second kappa shape index (κ2) is 5.06. The molecule has 1 heterocycles. The van der Waals surface area contributed by atoms with Crippen LogP contribution in [0.3, 0.4) is 0 Å². The molecule has 0 bridgehead atoms. The van der Waals surface area contributed by atoms with Crippen LogP contribution in [0.4, 0.5) is 0 Å². The van der Waals surface area contributed by atoms with Gasteiger partial charge in [-0.2, -0.15) is 5.10 Å². The largest absolute Gasteiger partial charge is 0.496 e. The summed E-state index contributed by atoms with van der Waals surface area (Å²) in [4.78, 5) is 0. The first-order valence-corrected chi connectivity index (χ1v) is 6.47. The normalized spacial score (nSPS) is 10.3. The van der Waals surface area contributed by atoms with E-state index < -0.39 is 0 Å². The summed E-state index contributed by atoms with van der Waals surface area (Å²) in [5.41, 5.74) is 1.87. The highest BCUT2D eigenvalue weighted by Crippen LogP contribution is 2.38. The Labute approximate surface area is 116 Å². The second-order valence-electron chi connectivity index (χ2n) is 3.28. The van der Waals surface area contributed by atoms with Crippen molar-refractivity contribution in [1.82, 2.24) is 9.78 Å². The highest BCUT2D eigenvalue weighted by atomic mass is 79.9. The van der Waals surface area contributed by atoms with Crippen LogP contribution in [-0.4, -0.2) is 16.9 Å². The van der Waals surface area contributed by atoms with Crippen molar-refractivity contribution in [2.24, 2.45) is 0 Å². The molecule has 5 heteroatoms. The third-order valence-electron chi connectivity index (χ3n) is 2.35. The van der Waals surface area contributed by atoms with Crippen molar-refractivity contribution < 1.29 is 4.74 Å². The second-order valence-corrected chi connectivity index (χ2v) is 4.82. The van der Waals surface area contributed by atoms with Crippen LogP contribution in [0.2, 0.25) is 0 Å². The fraction of sp³-hybridized carbons (Fsp3) is 0.0833. The maximum Gasteiger partial charge on any atom is 0.143 e. The highest BCUT2D eigenvalue weighted by molar-refractivity contribution is 9.13. The first kappa shape index (κ1) is 12.4. The van der Waals surface area contributed by atoms with Crippen LogP contribution < -0.4 is 4.74 Å². The molecule has 3 nitrogen and oxygen atoms in total. The van der Waals surface area contributed by atoms with Crippen LogP contribution >= 0.6 is 31.9 Å². The van der Waals surface area contributed by atoms with E-state index in [0.29, 0.717) is 0 Å². The zero-order valence-electron chi connectivity index (χ0n) is 9.15. The number of nitrogens with zero attached hydrogens (tertiary/aromatic N) is 2. The van der Waals surface area contributed by atoms with E-state index in [1.165, 1.54) is 0 Å². The Kier molecular flexibility index (Phi) is 3.69. The van der Waals surface area contributed by atoms with E-state index >= 15 is 0 Å². The predicted octanol–water partition coefficient (Wildman–Crippen LogP) is 4.18. The molecule has 0 saturated heterocycles. The van der Waals surface area contributed by atoms with Crippen molar-refractivity contribution in [3.63, 3.8) is 0 Å². The maximum absolute atomic E-state index is 5.35. The number of benzene rings is 1. The number of hydrogen-bond acceptors (Lipinski definition) is 2. The molecular weight excluding hydrogens is 348 g/mol. The van der Waals surface area contributed by atoms with E-state index in [9.17, 15) is 0 Å². The van der Waals surface area contributed by atoms with Gasteiger partial charge in [0.15, 0.2) is 0 Å². The highest BCUT2D eigenvalue weighted by Gasteiger charge is 2.17. The molecule has 0 fully saturated rings. The van der Waals surface area contributed by atoms with Crippen molar-refractivity contribution in [2.75, 3.05) is 7.11 Å². The molecule has 0 saturated carbocycles. The third-order valence-corrected chi connectivity index (χ3v) is 4.19. The van der Waals surface area contributed by atoms with Gasteiger partial charge in [0, 0.05) is 11.8 Å². The molecule has 0 spiro atoms. The first-order valence-electron chi connectivity index (χ1n) is 4.88. The molecule has 0 unspecified atom stereocenters. The van der Waals surface area contributed by atoms with Gasteiger partial charge < -0.3 is 4.74 Å². The van der Waals surface area contributed by atoms with Crippen LogP contribution in [0.1, 0.15) is 0 Å². The molecule has 88 valence electrons. The molecule has 0 aliphatic rings. The summed E-state index contributed by atoms with van der Waals surface area (Å²) in [6, 6.07) is 7.78. The van der Waals surface area contributed by atoms with Crippen molar-refractivity contribution in [3.8, 4) is 17.0 Å². The number of ether oxygens (including phenoxy) is 1. The standard InChI is InChI=1S/C12H10Br2N2O/c1-3-16-11(10(13)12(14)15-16)8-6-4-5-7-9(8)17-2/h3-7H,1H2,2H3. The van der Waals surface area contributed by atoms with Crippen molar-refractivity contribution >= 4 is 38.1 Å². The van der Waals surface area contributed by atoms with Crippen LogP contribution in [0.15, 0.2) is 39.9 Å². The molecule has 0 atom stereocenters. The van der Waals surface area contributed by atoms with Gasteiger partial charge in [0.1, 0.15) is 10.4 Å². The molecule has 17 heavy (non-hydrogen) atoms. The van der Waals surface area contributed by atoms with Gasteiger partial charge in [-0.3, -0.25) is 0 Å². The summed E-state index contributed by atoms with van der Waals surface area (Å²) >= 11 is 6.89. The number of para-hydroxylation sites is 1. The number of hydrogen-bond donors (Lipinski definition) is 0. The lowest BCUT2D eigenvalue weighted by Crippen LogP contribution is -1.94. The van der Waals surface area contributed by atoms with Gasteiger partial charge in [-0.15, -0.1) is 0 Å². The predicted molar refractivity (Wildman–Crippen MR) is 76.0 cm³/mol. The Morgan fingerprint density at radius 2 is 2.06 bits per heavy atom. The van der Waals surface area contributed by atoms with Crippen LogP contribution in [0, 0.1) is 0 Å². The van der Waals surface area contributed by atoms with E-state index in [-0.39, 0.29) is 0 Å². The third kappa shape index (κ3) is 2.17. The Morgan fingerprint density at radius 1 is 1.35 bits per heavy atom. The molecule has 1 aromatic heterocycles. The molecule has 0 aliphatic carbocycles. The molecule has 2 aromatic rings. The molecule has 0 amide bonds. The van der Waals surface area contributed by atoms with Gasteiger partial charge in [0.05, 0.1) is 17.3 Å². The Hall–Kier alpha value is -1.07. The fourth-order valence-corrected chi connectivity index (χ4v) is 2.43. The monoisotopic (exact) mass is 356 g/mol.